The lowest BCUT2D eigenvalue weighted by atomic mass is 9.98. The highest BCUT2D eigenvalue weighted by Gasteiger charge is 2.35. The minimum absolute atomic E-state index is 0.0303. The van der Waals surface area contributed by atoms with Gasteiger partial charge in [-0.15, -0.1) is 0 Å². The van der Waals surface area contributed by atoms with Gasteiger partial charge in [-0.2, -0.15) is 0 Å². The first-order chi connectivity index (χ1) is 16.5. The maximum Gasteiger partial charge on any atom is 0.407 e. The summed E-state index contributed by atoms with van der Waals surface area (Å²) < 4.78 is 32.0. The summed E-state index contributed by atoms with van der Waals surface area (Å²) >= 11 is 0. The first-order valence-corrected chi connectivity index (χ1v) is 11.4. The molecular formula is C26H30F2N2O5. The summed E-state index contributed by atoms with van der Waals surface area (Å²) in [6.45, 7) is 4.79. The van der Waals surface area contributed by atoms with Crippen LogP contribution < -0.4 is 5.32 Å². The number of hydrogen-bond acceptors (Lipinski definition) is 4. The van der Waals surface area contributed by atoms with E-state index in [1.807, 2.05) is 48.5 Å². The van der Waals surface area contributed by atoms with Gasteiger partial charge in [0.25, 0.3) is 0 Å². The molecule has 1 aliphatic rings. The Labute approximate surface area is 203 Å². The normalized spacial score (nSPS) is 13.7. The van der Waals surface area contributed by atoms with Gasteiger partial charge in [-0.1, -0.05) is 48.5 Å². The van der Waals surface area contributed by atoms with Crippen molar-refractivity contribution >= 4 is 18.0 Å². The van der Waals surface area contributed by atoms with Crippen LogP contribution in [0, 0.1) is 0 Å². The molecule has 0 aliphatic heterocycles. The number of amides is 2. The largest absolute Gasteiger partial charge is 0.481 e. The lowest BCUT2D eigenvalue weighted by molar-refractivity contribution is -0.142. The van der Waals surface area contributed by atoms with Gasteiger partial charge in [-0.25, -0.2) is 13.6 Å². The summed E-state index contributed by atoms with van der Waals surface area (Å²) in [6, 6.07) is 14.0. The molecule has 1 unspecified atom stereocenters. The Morgan fingerprint density at radius 1 is 1.03 bits per heavy atom. The summed E-state index contributed by atoms with van der Waals surface area (Å²) in [6.07, 6.45) is -5.12. The van der Waals surface area contributed by atoms with Crippen LogP contribution in [-0.2, 0) is 14.3 Å². The number of carboxylic acids is 1. The van der Waals surface area contributed by atoms with Gasteiger partial charge in [0.1, 0.15) is 12.6 Å². The minimum atomic E-state index is -2.86. The lowest BCUT2D eigenvalue weighted by Gasteiger charge is -2.38. The molecule has 2 aromatic carbocycles. The molecule has 1 atom stereocenters. The molecule has 0 radical (unpaired) electrons. The molecule has 188 valence electrons. The van der Waals surface area contributed by atoms with Crippen LogP contribution in [0.15, 0.2) is 48.5 Å². The Morgan fingerprint density at radius 2 is 1.57 bits per heavy atom. The van der Waals surface area contributed by atoms with Gasteiger partial charge < -0.3 is 20.1 Å². The van der Waals surface area contributed by atoms with Crippen LogP contribution in [0.25, 0.3) is 11.1 Å². The summed E-state index contributed by atoms with van der Waals surface area (Å²) in [4.78, 5) is 37.9. The third-order valence-corrected chi connectivity index (χ3v) is 5.97. The van der Waals surface area contributed by atoms with Crippen LogP contribution in [-0.4, -0.2) is 59.1 Å². The van der Waals surface area contributed by atoms with E-state index in [9.17, 15) is 23.2 Å². The van der Waals surface area contributed by atoms with Gasteiger partial charge in [0, 0.05) is 24.4 Å². The zero-order chi connectivity index (χ0) is 25.8. The molecule has 0 heterocycles. The second-order valence-corrected chi connectivity index (χ2v) is 9.45. The smallest absolute Gasteiger partial charge is 0.407 e. The van der Waals surface area contributed by atoms with Crippen molar-refractivity contribution in [3.8, 4) is 11.1 Å². The number of halogens is 2. The number of alkyl halides is 2. The van der Waals surface area contributed by atoms with Crippen LogP contribution in [0.2, 0.25) is 0 Å². The molecule has 0 aromatic heterocycles. The maximum atomic E-state index is 13.3. The Hall–Kier alpha value is -3.49. The van der Waals surface area contributed by atoms with E-state index in [2.05, 4.69) is 5.32 Å². The molecule has 1 aliphatic carbocycles. The van der Waals surface area contributed by atoms with Crippen molar-refractivity contribution < 1.29 is 33.0 Å². The molecule has 0 bridgehead atoms. The van der Waals surface area contributed by atoms with Crippen molar-refractivity contribution in [3.63, 3.8) is 0 Å². The number of carbonyl (C=O) groups excluding carboxylic acids is 2. The number of nitrogens with zero attached hydrogens (tertiary/aromatic N) is 1. The molecule has 35 heavy (non-hydrogen) atoms. The Balaban J connectivity index is 1.72. The number of aliphatic carboxylic acids is 1. The number of nitrogens with one attached hydrogen (secondary N) is 1. The van der Waals surface area contributed by atoms with Crippen molar-refractivity contribution in [2.45, 2.75) is 57.5 Å². The summed E-state index contributed by atoms with van der Waals surface area (Å²) in [7, 11) is 0. The molecule has 0 saturated heterocycles. The van der Waals surface area contributed by atoms with E-state index < -0.39 is 42.4 Å². The fraction of sp³-hybridized carbons (Fsp3) is 0.423. The fourth-order valence-corrected chi connectivity index (χ4v) is 4.35. The highest BCUT2D eigenvalue weighted by molar-refractivity contribution is 5.86. The van der Waals surface area contributed by atoms with Gasteiger partial charge in [0.05, 0.1) is 6.42 Å². The second kappa shape index (κ2) is 10.8. The van der Waals surface area contributed by atoms with E-state index in [0.29, 0.717) is 0 Å². The summed E-state index contributed by atoms with van der Waals surface area (Å²) in [5.74, 6) is -2.13. The number of alkyl carbamates (subject to hydrolysis) is 1. The predicted octanol–water partition coefficient (Wildman–Crippen LogP) is 4.65. The molecule has 9 heteroatoms. The van der Waals surface area contributed by atoms with Crippen LogP contribution in [0.5, 0.6) is 0 Å². The van der Waals surface area contributed by atoms with Crippen LogP contribution in [0.3, 0.4) is 0 Å². The number of benzene rings is 2. The number of carbonyl (C=O) groups is 3. The van der Waals surface area contributed by atoms with Crippen molar-refractivity contribution in [1.29, 1.82) is 0 Å². The van der Waals surface area contributed by atoms with Crippen molar-refractivity contribution in [1.82, 2.24) is 10.2 Å². The number of ether oxygens (including phenoxy) is 1. The third kappa shape index (κ3) is 6.35. The third-order valence-electron chi connectivity index (χ3n) is 5.97. The second-order valence-electron chi connectivity index (χ2n) is 9.45. The van der Waals surface area contributed by atoms with E-state index in [1.165, 1.54) is 4.90 Å². The Kier molecular flexibility index (Phi) is 8.09. The molecule has 7 nitrogen and oxygen atoms in total. The highest BCUT2D eigenvalue weighted by atomic mass is 19.3. The summed E-state index contributed by atoms with van der Waals surface area (Å²) in [5.41, 5.74) is 3.24. The zero-order valence-corrected chi connectivity index (χ0v) is 20.0. The minimum Gasteiger partial charge on any atom is -0.481 e. The Bertz CT molecular complexity index is 1040. The topological polar surface area (TPSA) is 95.9 Å². The lowest BCUT2D eigenvalue weighted by Crippen LogP contribution is -2.55. The van der Waals surface area contributed by atoms with Gasteiger partial charge >= 0.3 is 12.1 Å². The van der Waals surface area contributed by atoms with Gasteiger partial charge in [0.15, 0.2) is 0 Å². The molecular weight excluding hydrogens is 458 g/mol. The quantitative estimate of drug-likeness (QED) is 0.536. The van der Waals surface area contributed by atoms with E-state index in [-0.39, 0.29) is 25.5 Å². The molecule has 2 N–H and O–H groups in total. The average molecular weight is 489 g/mol. The number of hydrogen-bond donors (Lipinski definition) is 2. The molecule has 0 spiro atoms. The van der Waals surface area contributed by atoms with Crippen molar-refractivity contribution in [2.24, 2.45) is 0 Å². The van der Waals surface area contributed by atoms with Crippen LogP contribution in [0.1, 0.15) is 50.7 Å². The first-order valence-electron chi connectivity index (χ1n) is 11.4. The average Bonchev–Trinajstić information content (AvgIpc) is 3.09. The number of carboxylic acid groups (broad SMARTS) is 1. The summed E-state index contributed by atoms with van der Waals surface area (Å²) in [5, 5.41) is 11.3. The van der Waals surface area contributed by atoms with Gasteiger partial charge in [0.2, 0.25) is 12.3 Å². The Morgan fingerprint density at radius 3 is 2.06 bits per heavy atom. The molecule has 0 saturated carbocycles. The predicted molar refractivity (Wildman–Crippen MR) is 126 cm³/mol. The number of fused-ring (bicyclic) bond motifs is 3. The van der Waals surface area contributed by atoms with E-state index in [1.54, 1.807) is 20.8 Å². The van der Waals surface area contributed by atoms with Crippen LogP contribution in [0.4, 0.5) is 13.6 Å². The van der Waals surface area contributed by atoms with E-state index in [4.69, 9.17) is 9.84 Å². The zero-order valence-electron chi connectivity index (χ0n) is 20.0. The molecule has 0 fully saturated rings. The van der Waals surface area contributed by atoms with Gasteiger partial charge in [-0.05, 0) is 43.0 Å². The highest BCUT2D eigenvalue weighted by Crippen LogP contribution is 2.44. The number of rotatable bonds is 9. The van der Waals surface area contributed by atoms with Gasteiger partial charge in [-0.3, -0.25) is 9.59 Å². The monoisotopic (exact) mass is 488 g/mol. The standard InChI is InChI=1S/C26H30F2N2O5/c1-26(2,3)30(13-12-23(31)32)24(33)21(14-22(27)28)29-25(34)35-15-20-18-10-6-4-8-16(18)17-9-5-7-11-19(17)20/h4-11,20-22H,12-15H2,1-3H3,(H,29,34)(H,31,32). The van der Waals surface area contributed by atoms with E-state index in [0.717, 1.165) is 22.3 Å². The molecule has 2 amide bonds. The maximum absolute atomic E-state index is 13.3. The van der Waals surface area contributed by atoms with Crippen molar-refractivity contribution in [2.75, 3.05) is 13.2 Å². The fourth-order valence-electron chi connectivity index (χ4n) is 4.35. The SMILES string of the molecule is CC(C)(C)N(CCC(=O)O)C(=O)C(CC(F)F)NC(=O)OCC1c2ccccc2-c2ccccc21. The molecule has 3 rings (SSSR count). The first kappa shape index (κ1) is 26.1. The van der Waals surface area contributed by atoms with Crippen molar-refractivity contribution in [3.05, 3.63) is 59.7 Å². The molecule has 2 aromatic rings. The van der Waals surface area contributed by atoms with E-state index >= 15 is 0 Å². The van der Waals surface area contributed by atoms with Crippen LogP contribution >= 0.6 is 0 Å².